The van der Waals surface area contributed by atoms with E-state index in [9.17, 15) is 9.59 Å². The molecule has 182 valence electrons. The van der Waals surface area contributed by atoms with Crippen LogP contribution in [-0.4, -0.2) is 47.9 Å². The summed E-state index contributed by atoms with van der Waals surface area (Å²) in [5.41, 5.74) is 1.51. The Morgan fingerprint density at radius 3 is 2.46 bits per heavy atom. The summed E-state index contributed by atoms with van der Waals surface area (Å²) in [6.45, 7) is 3.82. The van der Waals surface area contributed by atoms with Gasteiger partial charge in [-0.1, -0.05) is 19.1 Å². The number of thiophene rings is 1. The van der Waals surface area contributed by atoms with Gasteiger partial charge < -0.3 is 14.6 Å². The molecule has 2 aromatic carbocycles. The van der Waals surface area contributed by atoms with Crippen molar-refractivity contribution in [1.82, 2.24) is 10.2 Å². The first-order valence-corrected chi connectivity index (χ1v) is 12.1. The van der Waals surface area contributed by atoms with Crippen LogP contribution in [0.1, 0.15) is 32.6 Å². The predicted molar refractivity (Wildman–Crippen MR) is 133 cm³/mol. The highest BCUT2D eigenvalue weighted by Crippen LogP contribution is 2.31. The van der Waals surface area contributed by atoms with Gasteiger partial charge in [-0.2, -0.15) is 0 Å². The third-order valence-electron chi connectivity index (χ3n) is 5.83. The number of aryl methyl sites for hydroxylation is 1. The van der Waals surface area contributed by atoms with Crippen LogP contribution < -0.4 is 20.2 Å². The predicted octanol–water partition coefficient (Wildman–Crippen LogP) is 2.56. The lowest BCUT2D eigenvalue weighted by molar-refractivity contribution is -0.147. The highest BCUT2D eigenvalue weighted by molar-refractivity contribution is 7.14. The maximum atomic E-state index is 12.8. The quantitative estimate of drug-likeness (QED) is 0.311. The van der Waals surface area contributed by atoms with Crippen LogP contribution in [0.3, 0.4) is 0 Å². The molecule has 3 aromatic rings. The molecule has 8 nitrogen and oxygen atoms in total. The summed E-state index contributed by atoms with van der Waals surface area (Å²) >= 11 is 1.53. The lowest BCUT2D eigenvalue weighted by atomic mass is 10.0. The fourth-order valence-corrected chi connectivity index (χ4v) is 5.09. The van der Waals surface area contributed by atoms with E-state index in [4.69, 9.17) is 20.0 Å². The minimum atomic E-state index is -0.748. The number of carboxylic acid groups (broad SMARTS) is 1. The van der Waals surface area contributed by atoms with Crippen molar-refractivity contribution in [1.29, 1.82) is 0 Å². The van der Waals surface area contributed by atoms with Crippen LogP contribution in [0, 0.1) is 5.92 Å². The first-order valence-electron chi connectivity index (χ1n) is 11.3. The SMILES string of the molecule is CCc1cc(CN2CC(C(=O)O)C2)sc1C(=[NH2+])NC(=O)c1ccc(Oc2ccccc2OC)cc1. The van der Waals surface area contributed by atoms with Crippen molar-refractivity contribution in [3.05, 3.63) is 75.5 Å². The number of methoxy groups -OCH3 is 1. The number of carbonyl (C=O) groups is 2. The molecule has 4 rings (SSSR count). The number of nitrogens with one attached hydrogen (secondary N) is 1. The van der Waals surface area contributed by atoms with Gasteiger partial charge in [0.25, 0.3) is 5.84 Å². The number of carboxylic acids is 1. The molecule has 1 saturated heterocycles. The fourth-order valence-electron chi connectivity index (χ4n) is 3.89. The van der Waals surface area contributed by atoms with Gasteiger partial charge in [0.15, 0.2) is 11.5 Å². The van der Waals surface area contributed by atoms with E-state index in [0.717, 1.165) is 21.7 Å². The summed E-state index contributed by atoms with van der Waals surface area (Å²) in [5, 5.41) is 18.2. The Kier molecular flexibility index (Phi) is 7.48. The highest BCUT2D eigenvalue weighted by atomic mass is 32.1. The number of hydrogen-bond acceptors (Lipinski definition) is 6. The number of ether oxygens (including phenoxy) is 2. The zero-order valence-electron chi connectivity index (χ0n) is 19.6. The molecular weight excluding hydrogens is 466 g/mol. The van der Waals surface area contributed by atoms with Gasteiger partial charge in [-0.3, -0.25) is 15.1 Å². The molecule has 1 amide bonds. The number of carbonyl (C=O) groups excluding carboxylic acids is 1. The molecule has 1 aliphatic heterocycles. The van der Waals surface area contributed by atoms with Crippen LogP contribution in [0.5, 0.6) is 17.2 Å². The van der Waals surface area contributed by atoms with Crippen molar-refractivity contribution in [2.75, 3.05) is 20.2 Å². The van der Waals surface area contributed by atoms with Crippen molar-refractivity contribution in [2.45, 2.75) is 19.9 Å². The molecule has 2 heterocycles. The minimum absolute atomic E-state index is 0.289. The van der Waals surface area contributed by atoms with Gasteiger partial charge in [-0.05, 0) is 54.4 Å². The Labute approximate surface area is 207 Å². The zero-order valence-corrected chi connectivity index (χ0v) is 20.4. The molecule has 0 spiro atoms. The topological polar surface area (TPSA) is 114 Å². The Hall–Kier alpha value is -3.69. The van der Waals surface area contributed by atoms with E-state index in [1.807, 2.05) is 31.2 Å². The molecule has 1 aliphatic rings. The summed E-state index contributed by atoms with van der Waals surface area (Å²) in [6, 6.07) is 16.2. The van der Waals surface area contributed by atoms with Crippen molar-refractivity contribution in [3.8, 4) is 17.2 Å². The molecule has 0 radical (unpaired) electrons. The van der Waals surface area contributed by atoms with Crippen LogP contribution in [-0.2, 0) is 17.8 Å². The number of aliphatic carboxylic acids is 1. The second-order valence-electron chi connectivity index (χ2n) is 8.29. The van der Waals surface area contributed by atoms with E-state index in [-0.39, 0.29) is 11.8 Å². The molecule has 9 heteroatoms. The van der Waals surface area contributed by atoms with E-state index < -0.39 is 5.97 Å². The number of nitrogens with zero attached hydrogens (tertiary/aromatic N) is 1. The van der Waals surface area contributed by atoms with Crippen molar-refractivity contribution >= 4 is 29.0 Å². The zero-order chi connectivity index (χ0) is 24.9. The fraction of sp³-hybridized carbons (Fsp3) is 0.269. The average molecular weight is 495 g/mol. The number of hydrogen-bond donors (Lipinski definition) is 3. The Bertz CT molecular complexity index is 1230. The van der Waals surface area contributed by atoms with E-state index >= 15 is 0 Å². The van der Waals surface area contributed by atoms with Gasteiger partial charge in [-0.25, -0.2) is 10.1 Å². The molecule has 1 fully saturated rings. The summed E-state index contributed by atoms with van der Waals surface area (Å²) in [4.78, 5) is 27.9. The second-order valence-corrected chi connectivity index (χ2v) is 9.43. The Balaban J connectivity index is 1.37. The maximum Gasteiger partial charge on any atom is 0.339 e. The first-order chi connectivity index (χ1) is 16.9. The summed E-state index contributed by atoms with van der Waals surface area (Å²) in [5.74, 6) is 0.747. The van der Waals surface area contributed by atoms with Gasteiger partial charge in [-0.15, -0.1) is 11.3 Å². The second kappa shape index (κ2) is 10.7. The third kappa shape index (κ3) is 5.70. The van der Waals surface area contributed by atoms with Crippen LogP contribution in [0.15, 0.2) is 54.6 Å². The molecule has 35 heavy (non-hydrogen) atoms. The van der Waals surface area contributed by atoms with Crippen LogP contribution in [0.25, 0.3) is 0 Å². The average Bonchev–Trinajstić information content (AvgIpc) is 3.25. The molecule has 0 unspecified atom stereocenters. The number of nitrogens with two attached hydrogens (primary N) is 1. The molecule has 4 N–H and O–H groups in total. The molecule has 0 aliphatic carbocycles. The number of amidine groups is 1. The summed E-state index contributed by atoms with van der Waals surface area (Å²) in [6.07, 6.45) is 0.773. The van der Waals surface area contributed by atoms with E-state index in [0.29, 0.717) is 48.3 Å². The van der Waals surface area contributed by atoms with E-state index in [2.05, 4.69) is 16.3 Å². The van der Waals surface area contributed by atoms with Gasteiger partial charge in [0.05, 0.1) is 18.6 Å². The smallest absolute Gasteiger partial charge is 0.339 e. The van der Waals surface area contributed by atoms with Crippen LogP contribution in [0.4, 0.5) is 0 Å². The third-order valence-corrected chi connectivity index (χ3v) is 7.03. The summed E-state index contributed by atoms with van der Waals surface area (Å²) < 4.78 is 11.2. The van der Waals surface area contributed by atoms with Gasteiger partial charge in [0.1, 0.15) is 10.6 Å². The molecule has 0 saturated carbocycles. The van der Waals surface area contributed by atoms with Gasteiger partial charge in [0.2, 0.25) is 0 Å². The number of rotatable bonds is 9. The largest absolute Gasteiger partial charge is 0.493 e. The van der Waals surface area contributed by atoms with Crippen molar-refractivity contribution < 1.29 is 29.6 Å². The van der Waals surface area contributed by atoms with Crippen molar-refractivity contribution in [2.24, 2.45) is 5.92 Å². The standard InChI is InChI=1S/C26H27N3O5S/c1-3-16-12-20(15-29-13-18(14-29)26(31)32)35-23(16)24(27)28-25(30)17-8-10-19(11-9-17)34-22-7-5-4-6-21(22)33-2/h4-12,18H,3,13-15H2,1-2H3,(H,31,32)(H2,27,28,30)/p+1. The Morgan fingerprint density at radius 1 is 1.14 bits per heavy atom. The molecule has 0 atom stereocenters. The van der Waals surface area contributed by atoms with Gasteiger partial charge >= 0.3 is 11.9 Å². The molecule has 0 bridgehead atoms. The maximum absolute atomic E-state index is 12.8. The van der Waals surface area contributed by atoms with E-state index in [1.165, 1.54) is 11.3 Å². The highest BCUT2D eigenvalue weighted by Gasteiger charge is 2.33. The normalized spacial score (nSPS) is 13.7. The first kappa shape index (κ1) is 24.4. The lowest BCUT2D eigenvalue weighted by Gasteiger charge is -2.36. The monoisotopic (exact) mass is 494 g/mol. The van der Waals surface area contributed by atoms with Gasteiger partial charge in [0, 0.05) is 24.5 Å². The molecule has 1 aromatic heterocycles. The number of likely N-dealkylation sites (tertiary alicyclic amines) is 1. The lowest BCUT2D eigenvalue weighted by Crippen LogP contribution is -2.51. The number of para-hydroxylation sites is 2. The summed E-state index contributed by atoms with van der Waals surface area (Å²) in [7, 11) is 1.58. The Morgan fingerprint density at radius 2 is 1.83 bits per heavy atom. The number of amides is 1. The minimum Gasteiger partial charge on any atom is -0.493 e. The number of benzene rings is 2. The molecular formula is C26H28N3O5S+. The van der Waals surface area contributed by atoms with Crippen LogP contribution in [0.2, 0.25) is 0 Å². The van der Waals surface area contributed by atoms with Crippen LogP contribution >= 0.6 is 11.3 Å². The van der Waals surface area contributed by atoms with Crippen molar-refractivity contribution in [3.63, 3.8) is 0 Å². The van der Waals surface area contributed by atoms with E-state index in [1.54, 1.807) is 31.4 Å².